The Morgan fingerprint density at radius 1 is 0.735 bits per heavy atom. The second-order valence-corrected chi connectivity index (χ2v) is 10.4. The maximum absolute atomic E-state index is 13.2. The summed E-state index contributed by atoms with van der Waals surface area (Å²) in [4.78, 5) is 26.1. The van der Waals surface area contributed by atoms with E-state index in [0.29, 0.717) is 17.5 Å². The molecule has 2 atom stereocenters. The number of epoxide rings is 1. The molecule has 1 aliphatic carbocycles. The Balaban J connectivity index is 1.48. The Morgan fingerprint density at radius 2 is 1.21 bits per heavy atom. The average Bonchev–Trinajstić information content (AvgIpc) is 3.43. The lowest BCUT2D eigenvalue weighted by Crippen LogP contribution is -2.43. The molecule has 0 N–H and O–H groups in total. The van der Waals surface area contributed by atoms with E-state index in [9.17, 15) is 9.59 Å². The fourth-order valence-electron chi connectivity index (χ4n) is 4.80. The first-order chi connectivity index (χ1) is 16.1. The van der Waals surface area contributed by atoms with Crippen molar-refractivity contribution in [2.24, 2.45) is 0 Å². The quantitative estimate of drug-likeness (QED) is 0.247. The topological polar surface area (TPSA) is 46.7 Å². The highest BCUT2D eigenvalue weighted by atomic mass is 16.6. The van der Waals surface area contributed by atoms with Crippen molar-refractivity contribution < 1.29 is 14.3 Å². The number of benzene rings is 1. The van der Waals surface area contributed by atoms with Crippen molar-refractivity contribution in [3.8, 4) is 0 Å². The van der Waals surface area contributed by atoms with Crippen molar-refractivity contribution in [1.29, 1.82) is 0 Å². The summed E-state index contributed by atoms with van der Waals surface area (Å²) in [6.45, 7) is 12.6. The summed E-state index contributed by atoms with van der Waals surface area (Å²) in [6, 6.07) is 7.07. The molecular weight excluding hydrogens is 420 g/mol. The summed E-state index contributed by atoms with van der Waals surface area (Å²) < 4.78 is 5.89. The zero-order valence-corrected chi connectivity index (χ0v) is 21.8. The van der Waals surface area contributed by atoms with Crippen LogP contribution < -0.4 is 0 Å². The third-order valence-corrected chi connectivity index (χ3v) is 7.22. The molecule has 0 amide bonds. The molecule has 0 saturated carbocycles. The molecular formula is C31H40O3. The van der Waals surface area contributed by atoms with Crippen LogP contribution in [0.5, 0.6) is 0 Å². The number of rotatable bonds is 11. The molecule has 0 spiro atoms. The first kappa shape index (κ1) is 26.1. The normalized spacial score (nSPS) is 24.6. The molecule has 182 valence electrons. The highest BCUT2D eigenvalue weighted by molar-refractivity contribution is 6.25. The SMILES string of the molecule is CC(C)=CCC/C(C)=C/CC/C(C)=C/CC/C(C)=C/C[C@]12O[C@@]1(C)C(=O)c1ccccc1C2=O. The molecule has 0 bridgehead atoms. The molecule has 34 heavy (non-hydrogen) atoms. The summed E-state index contributed by atoms with van der Waals surface area (Å²) in [5, 5.41) is 0. The first-order valence-electron chi connectivity index (χ1n) is 12.6. The van der Waals surface area contributed by atoms with Crippen molar-refractivity contribution in [2.75, 3.05) is 0 Å². The van der Waals surface area contributed by atoms with Gasteiger partial charge in [-0.3, -0.25) is 9.59 Å². The van der Waals surface area contributed by atoms with Gasteiger partial charge < -0.3 is 4.74 Å². The molecule has 1 heterocycles. The number of hydrogen-bond acceptors (Lipinski definition) is 3. The lowest BCUT2D eigenvalue weighted by molar-refractivity contribution is 0.0847. The molecule has 0 radical (unpaired) electrons. The molecule has 2 aliphatic rings. The second kappa shape index (κ2) is 10.8. The van der Waals surface area contributed by atoms with E-state index in [0.717, 1.165) is 38.5 Å². The monoisotopic (exact) mass is 460 g/mol. The van der Waals surface area contributed by atoms with Gasteiger partial charge in [0.1, 0.15) is 0 Å². The zero-order chi connectivity index (χ0) is 24.9. The molecule has 1 aliphatic heterocycles. The van der Waals surface area contributed by atoms with Crippen LogP contribution in [0, 0.1) is 0 Å². The minimum absolute atomic E-state index is 0.0609. The number of ketones is 2. The number of carbonyl (C=O) groups excluding carboxylic acids is 2. The van der Waals surface area contributed by atoms with Gasteiger partial charge in [-0.05, 0) is 80.1 Å². The fourth-order valence-corrected chi connectivity index (χ4v) is 4.80. The zero-order valence-electron chi connectivity index (χ0n) is 21.8. The fraction of sp³-hybridized carbons (Fsp3) is 0.484. The Bertz CT molecular complexity index is 1060. The Morgan fingerprint density at radius 3 is 1.74 bits per heavy atom. The van der Waals surface area contributed by atoms with Crippen molar-refractivity contribution >= 4 is 11.6 Å². The van der Waals surface area contributed by atoms with E-state index in [1.54, 1.807) is 31.2 Å². The van der Waals surface area contributed by atoms with Gasteiger partial charge in [-0.25, -0.2) is 0 Å². The largest absolute Gasteiger partial charge is 0.345 e. The van der Waals surface area contributed by atoms with Gasteiger partial charge in [0, 0.05) is 17.5 Å². The van der Waals surface area contributed by atoms with Crippen molar-refractivity contribution in [3.05, 3.63) is 82.0 Å². The van der Waals surface area contributed by atoms with E-state index in [1.807, 2.05) is 0 Å². The standard InChI is InChI=1S/C31H40O3/c1-22(2)12-9-13-23(3)14-10-15-24(4)16-11-17-25(5)20-21-31-29(33)27-19-8-7-18-26(27)28(32)30(31,6)34-31/h7-8,12,14,16,18-20H,9-11,13,15,17,21H2,1-6H3/b23-14+,24-16+,25-20+/t30-,31+/m0/s1. The van der Waals surface area contributed by atoms with Crippen molar-refractivity contribution in [2.45, 2.75) is 97.7 Å². The van der Waals surface area contributed by atoms with Crippen LogP contribution >= 0.6 is 0 Å². The maximum Gasteiger partial charge on any atom is 0.199 e. The number of Topliss-reactive ketones (excluding diaryl/α,β-unsaturated/α-hetero) is 2. The molecule has 1 saturated heterocycles. The molecule has 0 aromatic heterocycles. The third-order valence-electron chi connectivity index (χ3n) is 7.22. The van der Waals surface area contributed by atoms with Crippen LogP contribution in [0.1, 0.15) is 107 Å². The van der Waals surface area contributed by atoms with E-state index >= 15 is 0 Å². The molecule has 1 aromatic carbocycles. The Hall–Kier alpha value is -2.52. The van der Waals surface area contributed by atoms with Gasteiger partial charge in [0.05, 0.1) is 0 Å². The smallest absolute Gasteiger partial charge is 0.199 e. The number of ether oxygens (including phenoxy) is 1. The first-order valence-corrected chi connectivity index (χ1v) is 12.6. The van der Waals surface area contributed by atoms with Crippen LogP contribution in [0.4, 0.5) is 0 Å². The summed E-state index contributed by atoms with van der Waals surface area (Å²) >= 11 is 0. The van der Waals surface area contributed by atoms with E-state index in [-0.39, 0.29) is 11.6 Å². The van der Waals surface area contributed by atoms with Crippen LogP contribution in [-0.2, 0) is 4.74 Å². The third kappa shape index (κ3) is 5.58. The highest BCUT2D eigenvalue weighted by Gasteiger charge is 2.77. The van der Waals surface area contributed by atoms with Crippen LogP contribution in [0.2, 0.25) is 0 Å². The summed E-state index contributed by atoms with van der Waals surface area (Å²) in [5.74, 6) is -0.136. The Kier molecular flexibility index (Phi) is 8.30. The number of fused-ring (bicyclic) bond motifs is 2. The van der Waals surface area contributed by atoms with Gasteiger partial charge >= 0.3 is 0 Å². The van der Waals surface area contributed by atoms with Gasteiger partial charge in [0.2, 0.25) is 0 Å². The predicted molar refractivity (Wildman–Crippen MR) is 140 cm³/mol. The maximum atomic E-state index is 13.2. The van der Waals surface area contributed by atoms with Crippen molar-refractivity contribution in [1.82, 2.24) is 0 Å². The Labute approximate surface area is 205 Å². The predicted octanol–water partition coefficient (Wildman–Crippen LogP) is 8.13. The van der Waals surface area contributed by atoms with Gasteiger partial charge in [-0.1, -0.05) is 70.9 Å². The van der Waals surface area contributed by atoms with Crippen LogP contribution in [0.15, 0.2) is 70.9 Å². The highest BCUT2D eigenvalue weighted by Crippen LogP contribution is 2.57. The minimum Gasteiger partial charge on any atom is -0.345 e. The van der Waals surface area contributed by atoms with E-state index in [1.165, 1.54) is 22.3 Å². The molecule has 1 aromatic rings. The minimum atomic E-state index is -1.03. The number of hydrogen-bond donors (Lipinski definition) is 0. The summed E-state index contributed by atoms with van der Waals surface area (Å²) in [5.41, 5.74) is 4.43. The average molecular weight is 461 g/mol. The number of allylic oxidation sites excluding steroid dienone is 7. The summed E-state index contributed by atoms with van der Waals surface area (Å²) in [6.07, 6.45) is 15.9. The molecule has 1 fully saturated rings. The second-order valence-electron chi connectivity index (χ2n) is 10.4. The lowest BCUT2D eigenvalue weighted by atomic mass is 9.73. The van der Waals surface area contributed by atoms with Gasteiger partial charge in [-0.2, -0.15) is 0 Å². The van der Waals surface area contributed by atoms with Crippen LogP contribution in [0.25, 0.3) is 0 Å². The number of carbonyl (C=O) groups is 2. The molecule has 3 rings (SSSR count). The van der Waals surface area contributed by atoms with Crippen molar-refractivity contribution in [3.63, 3.8) is 0 Å². The summed E-state index contributed by atoms with van der Waals surface area (Å²) in [7, 11) is 0. The molecule has 3 heteroatoms. The van der Waals surface area contributed by atoms with E-state index < -0.39 is 11.2 Å². The van der Waals surface area contributed by atoms with Crippen LogP contribution in [-0.4, -0.2) is 22.8 Å². The van der Waals surface area contributed by atoms with E-state index in [4.69, 9.17) is 4.74 Å². The van der Waals surface area contributed by atoms with Gasteiger partial charge in [-0.15, -0.1) is 0 Å². The van der Waals surface area contributed by atoms with Gasteiger partial charge in [0.25, 0.3) is 0 Å². The van der Waals surface area contributed by atoms with E-state index in [2.05, 4.69) is 58.9 Å². The lowest BCUT2D eigenvalue weighted by Gasteiger charge is -2.22. The van der Waals surface area contributed by atoms with Gasteiger partial charge in [0.15, 0.2) is 22.8 Å². The molecule has 0 unspecified atom stereocenters. The molecule has 3 nitrogen and oxygen atoms in total. The van der Waals surface area contributed by atoms with Crippen LogP contribution in [0.3, 0.4) is 0 Å².